The molecule has 1 aromatic carbocycles. The Morgan fingerprint density at radius 1 is 1.38 bits per heavy atom. The lowest BCUT2D eigenvalue weighted by Crippen LogP contribution is -2.24. The Kier molecular flexibility index (Phi) is 4.24. The largest absolute Gasteiger partial charge is 0.338 e. The van der Waals surface area contributed by atoms with Gasteiger partial charge in [0.1, 0.15) is 0 Å². The fraction of sp³-hybridized carbons (Fsp3) is 0.294. The number of hydrogen-bond acceptors (Lipinski definition) is 2. The monoisotopic (exact) mass is 392 g/mol. The molecule has 0 radical (unpaired) electrons. The molecule has 0 saturated carbocycles. The number of pyridine rings is 1. The minimum Gasteiger partial charge on any atom is -0.338 e. The van der Waals surface area contributed by atoms with Crippen molar-refractivity contribution in [2.24, 2.45) is 0 Å². The SMILES string of the molecule is Cc1cnccc1CN1CC(c2cccc(I)c2)CC1=O. The first-order chi connectivity index (χ1) is 10.1. The number of halogens is 1. The molecule has 0 spiro atoms. The van der Waals surface area contributed by atoms with E-state index >= 15 is 0 Å². The van der Waals surface area contributed by atoms with Crippen LogP contribution in [0.2, 0.25) is 0 Å². The van der Waals surface area contributed by atoms with Gasteiger partial charge in [-0.1, -0.05) is 12.1 Å². The van der Waals surface area contributed by atoms with Crippen LogP contribution in [0.15, 0.2) is 42.7 Å². The van der Waals surface area contributed by atoms with E-state index in [1.165, 1.54) is 14.7 Å². The number of carbonyl (C=O) groups excluding carboxylic acids is 1. The molecule has 0 aliphatic carbocycles. The van der Waals surface area contributed by atoms with Crippen molar-refractivity contribution in [2.75, 3.05) is 6.54 Å². The molecule has 2 aromatic rings. The van der Waals surface area contributed by atoms with Crippen molar-refractivity contribution in [3.63, 3.8) is 0 Å². The first-order valence-corrected chi connectivity index (χ1v) is 8.14. The van der Waals surface area contributed by atoms with Crippen LogP contribution in [0.1, 0.15) is 29.0 Å². The van der Waals surface area contributed by atoms with E-state index in [0.717, 1.165) is 12.1 Å². The van der Waals surface area contributed by atoms with Crippen molar-refractivity contribution in [2.45, 2.75) is 25.8 Å². The molecule has 0 bridgehead atoms. The van der Waals surface area contributed by atoms with E-state index in [4.69, 9.17) is 0 Å². The summed E-state index contributed by atoms with van der Waals surface area (Å²) in [6, 6.07) is 10.5. The van der Waals surface area contributed by atoms with Crippen LogP contribution in [0.4, 0.5) is 0 Å². The molecule has 1 saturated heterocycles. The number of nitrogens with zero attached hydrogens (tertiary/aromatic N) is 2. The smallest absolute Gasteiger partial charge is 0.223 e. The highest BCUT2D eigenvalue weighted by Gasteiger charge is 2.30. The van der Waals surface area contributed by atoms with Crippen molar-refractivity contribution in [1.29, 1.82) is 0 Å². The standard InChI is InChI=1S/C17H17IN2O/c1-12-9-19-6-5-14(12)10-20-11-15(8-17(20)21)13-3-2-4-16(18)7-13/h2-7,9,15H,8,10-11H2,1H3. The molecule has 1 fully saturated rings. The van der Waals surface area contributed by atoms with Gasteiger partial charge in [-0.25, -0.2) is 0 Å². The molecule has 3 rings (SSSR count). The van der Waals surface area contributed by atoms with E-state index in [0.29, 0.717) is 18.9 Å². The summed E-state index contributed by atoms with van der Waals surface area (Å²) in [5.74, 6) is 0.560. The molecule has 21 heavy (non-hydrogen) atoms. The Labute approximate surface area is 138 Å². The predicted molar refractivity (Wildman–Crippen MR) is 90.9 cm³/mol. The topological polar surface area (TPSA) is 33.2 Å². The Morgan fingerprint density at radius 2 is 2.24 bits per heavy atom. The van der Waals surface area contributed by atoms with E-state index < -0.39 is 0 Å². The second kappa shape index (κ2) is 6.13. The molecule has 4 heteroatoms. The summed E-state index contributed by atoms with van der Waals surface area (Å²) in [7, 11) is 0. The molecule has 3 nitrogen and oxygen atoms in total. The number of amides is 1. The highest BCUT2D eigenvalue weighted by atomic mass is 127. The number of aromatic nitrogens is 1. The summed E-state index contributed by atoms with van der Waals surface area (Å²) in [6.45, 7) is 3.54. The molecule has 1 unspecified atom stereocenters. The lowest BCUT2D eigenvalue weighted by Gasteiger charge is -2.18. The second-order valence-electron chi connectivity index (χ2n) is 5.53. The van der Waals surface area contributed by atoms with Gasteiger partial charge in [0.2, 0.25) is 5.91 Å². The van der Waals surface area contributed by atoms with E-state index in [2.05, 4.69) is 51.8 Å². The quantitative estimate of drug-likeness (QED) is 0.750. The van der Waals surface area contributed by atoms with Crippen LogP contribution in [0, 0.1) is 10.5 Å². The Balaban J connectivity index is 1.75. The molecule has 2 heterocycles. The van der Waals surface area contributed by atoms with Gasteiger partial charge in [-0.2, -0.15) is 0 Å². The van der Waals surface area contributed by atoms with Gasteiger partial charge in [0.25, 0.3) is 0 Å². The zero-order chi connectivity index (χ0) is 14.8. The molecule has 1 aliphatic rings. The minimum atomic E-state index is 0.245. The molecule has 0 N–H and O–H groups in total. The molecule has 1 amide bonds. The highest BCUT2D eigenvalue weighted by molar-refractivity contribution is 14.1. The van der Waals surface area contributed by atoms with Crippen LogP contribution in [-0.2, 0) is 11.3 Å². The predicted octanol–water partition coefficient (Wildman–Crippen LogP) is 3.51. The normalized spacial score (nSPS) is 18.3. The fourth-order valence-corrected chi connectivity index (χ4v) is 3.36. The van der Waals surface area contributed by atoms with Gasteiger partial charge in [-0.05, 0) is 64.4 Å². The molecule has 108 valence electrons. The Hall–Kier alpha value is -1.43. The first-order valence-electron chi connectivity index (χ1n) is 7.06. The van der Waals surface area contributed by atoms with Gasteiger partial charge in [0.15, 0.2) is 0 Å². The van der Waals surface area contributed by atoms with Gasteiger partial charge >= 0.3 is 0 Å². The summed E-state index contributed by atoms with van der Waals surface area (Å²) in [5.41, 5.74) is 3.59. The molecule has 1 aromatic heterocycles. The van der Waals surface area contributed by atoms with Crippen molar-refractivity contribution in [3.05, 3.63) is 63.0 Å². The number of likely N-dealkylation sites (tertiary alicyclic amines) is 1. The lowest BCUT2D eigenvalue weighted by molar-refractivity contribution is -0.128. The Bertz CT molecular complexity index is 671. The number of aryl methyl sites for hydroxylation is 1. The van der Waals surface area contributed by atoms with Gasteiger partial charge in [0.05, 0.1) is 0 Å². The highest BCUT2D eigenvalue weighted by Crippen LogP contribution is 2.30. The third kappa shape index (κ3) is 3.26. The van der Waals surface area contributed by atoms with Crippen LogP contribution in [0.25, 0.3) is 0 Å². The second-order valence-corrected chi connectivity index (χ2v) is 6.78. The lowest BCUT2D eigenvalue weighted by atomic mass is 9.98. The van der Waals surface area contributed by atoms with E-state index in [1.807, 2.05) is 24.1 Å². The number of benzene rings is 1. The molecule has 1 aliphatic heterocycles. The number of rotatable bonds is 3. The van der Waals surface area contributed by atoms with E-state index in [1.54, 1.807) is 6.20 Å². The van der Waals surface area contributed by atoms with Crippen molar-refractivity contribution < 1.29 is 4.79 Å². The number of carbonyl (C=O) groups is 1. The zero-order valence-corrected chi connectivity index (χ0v) is 14.1. The summed E-state index contributed by atoms with van der Waals surface area (Å²) < 4.78 is 1.22. The van der Waals surface area contributed by atoms with Crippen LogP contribution >= 0.6 is 22.6 Å². The summed E-state index contributed by atoms with van der Waals surface area (Å²) in [6.07, 6.45) is 4.26. The maximum Gasteiger partial charge on any atom is 0.223 e. The summed E-state index contributed by atoms with van der Waals surface area (Å²) in [5, 5.41) is 0. The van der Waals surface area contributed by atoms with E-state index in [9.17, 15) is 4.79 Å². The van der Waals surface area contributed by atoms with E-state index in [-0.39, 0.29) is 5.91 Å². The van der Waals surface area contributed by atoms with Gasteiger partial charge in [-0.15, -0.1) is 0 Å². The van der Waals surface area contributed by atoms with Crippen molar-refractivity contribution >= 4 is 28.5 Å². The molecular formula is C17H17IN2O. The maximum absolute atomic E-state index is 12.3. The molecule has 1 atom stereocenters. The summed E-state index contributed by atoms with van der Waals surface area (Å²) >= 11 is 2.32. The first kappa shape index (κ1) is 14.5. The zero-order valence-electron chi connectivity index (χ0n) is 11.9. The van der Waals surface area contributed by atoms with Crippen LogP contribution in [-0.4, -0.2) is 22.3 Å². The molecular weight excluding hydrogens is 375 g/mol. The van der Waals surface area contributed by atoms with Crippen molar-refractivity contribution in [3.8, 4) is 0 Å². The minimum absolute atomic E-state index is 0.245. The third-order valence-corrected chi connectivity index (χ3v) is 4.70. The van der Waals surface area contributed by atoms with Crippen LogP contribution in [0.5, 0.6) is 0 Å². The summed E-state index contributed by atoms with van der Waals surface area (Å²) in [4.78, 5) is 18.3. The average molecular weight is 392 g/mol. The van der Waals surface area contributed by atoms with Gasteiger partial charge < -0.3 is 4.90 Å². The Morgan fingerprint density at radius 3 is 3.00 bits per heavy atom. The number of hydrogen-bond donors (Lipinski definition) is 0. The van der Waals surface area contributed by atoms with Crippen LogP contribution < -0.4 is 0 Å². The third-order valence-electron chi connectivity index (χ3n) is 4.03. The van der Waals surface area contributed by atoms with Gasteiger partial charge in [0, 0.05) is 41.4 Å². The fourth-order valence-electron chi connectivity index (χ4n) is 2.79. The van der Waals surface area contributed by atoms with Gasteiger partial charge in [-0.3, -0.25) is 9.78 Å². The maximum atomic E-state index is 12.3. The van der Waals surface area contributed by atoms with Crippen molar-refractivity contribution in [1.82, 2.24) is 9.88 Å². The average Bonchev–Trinajstić information content (AvgIpc) is 2.83. The van der Waals surface area contributed by atoms with Crippen LogP contribution in [0.3, 0.4) is 0 Å².